The van der Waals surface area contributed by atoms with Crippen LogP contribution >= 0.6 is 0 Å². The molecule has 3 rings (SSSR count). The monoisotopic (exact) mass is 353 g/mol. The van der Waals surface area contributed by atoms with Gasteiger partial charge in [-0.25, -0.2) is 4.39 Å². The number of benzene rings is 2. The van der Waals surface area contributed by atoms with Crippen molar-refractivity contribution in [2.24, 2.45) is 0 Å². The van der Waals surface area contributed by atoms with Crippen LogP contribution in [0.4, 0.5) is 4.39 Å². The third-order valence-corrected chi connectivity index (χ3v) is 4.71. The number of para-hydroxylation sites is 1. The molecule has 0 unspecified atom stereocenters. The van der Waals surface area contributed by atoms with Crippen LogP contribution in [0.2, 0.25) is 0 Å². The van der Waals surface area contributed by atoms with Crippen LogP contribution in [-0.2, 0) is 6.54 Å². The van der Waals surface area contributed by atoms with E-state index in [1.165, 1.54) is 6.07 Å². The maximum Gasteiger partial charge on any atom is 0.137 e. The molecule has 1 saturated heterocycles. The van der Waals surface area contributed by atoms with Crippen molar-refractivity contribution in [3.63, 3.8) is 0 Å². The van der Waals surface area contributed by atoms with Crippen molar-refractivity contribution in [3.05, 3.63) is 65.5 Å². The minimum Gasteiger partial charge on any atom is -0.491 e. The normalized spacial score (nSPS) is 16.0. The molecule has 5 heteroatoms. The van der Waals surface area contributed by atoms with Gasteiger partial charge in [-0.05, 0) is 37.7 Å². The summed E-state index contributed by atoms with van der Waals surface area (Å²) in [6, 6.07) is 16.5. The second-order valence-corrected chi connectivity index (χ2v) is 6.52. The number of halogens is 1. The minimum absolute atomic E-state index is 0.127. The van der Waals surface area contributed by atoms with E-state index in [0.29, 0.717) is 24.5 Å². The lowest BCUT2D eigenvalue weighted by molar-refractivity contribution is 0.207. The van der Waals surface area contributed by atoms with Gasteiger partial charge in [-0.15, -0.1) is 0 Å². The summed E-state index contributed by atoms with van der Waals surface area (Å²) in [6.45, 7) is 5.90. The molecule has 0 saturated carbocycles. The summed E-state index contributed by atoms with van der Waals surface area (Å²) < 4.78 is 19.6. The third-order valence-electron chi connectivity index (χ3n) is 4.71. The van der Waals surface area contributed by atoms with Crippen LogP contribution in [0.1, 0.15) is 17.5 Å². The van der Waals surface area contributed by atoms with Gasteiger partial charge in [-0.3, -0.25) is 9.80 Å². The predicted octanol–water partition coefficient (Wildman–Crippen LogP) is 3.28. The summed E-state index contributed by atoms with van der Waals surface area (Å²) >= 11 is 0. The molecule has 1 aliphatic heterocycles. The molecule has 0 aromatic heterocycles. The zero-order valence-electron chi connectivity index (χ0n) is 14.9. The highest BCUT2D eigenvalue weighted by molar-refractivity contribution is 5.42. The van der Waals surface area contributed by atoms with Gasteiger partial charge in [0.1, 0.15) is 24.2 Å². The highest BCUT2D eigenvalue weighted by Crippen LogP contribution is 2.17. The Bertz CT molecular complexity index is 759. The molecular formula is C21H24FN3O. The molecule has 136 valence electrons. The Morgan fingerprint density at radius 2 is 1.69 bits per heavy atom. The van der Waals surface area contributed by atoms with Gasteiger partial charge in [-0.1, -0.05) is 30.3 Å². The minimum atomic E-state index is -0.127. The Morgan fingerprint density at radius 3 is 2.54 bits per heavy atom. The standard InChI is InChI=1S/C21H24FN3O/c22-20-8-3-1-7-19(20)17-25-11-5-10-24(12-13-25)14-15-26-21-9-4-2-6-18(21)16-23/h1-4,6-9H,5,10-15,17H2. The van der Waals surface area contributed by atoms with Gasteiger partial charge < -0.3 is 4.74 Å². The Labute approximate surface area is 154 Å². The fourth-order valence-electron chi connectivity index (χ4n) is 3.24. The number of hydrogen-bond acceptors (Lipinski definition) is 4. The number of hydrogen-bond donors (Lipinski definition) is 0. The summed E-state index contributed by atoms with van der Waals surface area (Å²) in [4.78, 5) is 4.68. The summed E-state index contributed by atoms with van der Waals surface area (Å²) in [5, 5.41) is 9.10. The lowest BCUT2D eigenvalue weighted by atomic mass is 10.2. The van der Waals surface area contributed by atoms with E-state index in [-0.39, 0.29) is 5.82 Å². The van der Waals surface area contributed by atoms with Crippen LogP contribution in [0.5, 0.6) is 5.75 Å². The van der Waals surface area contributed by atoms with Crippen molar-refractivity contribution in [1.82, 2.24) is 9.80 Å². The molecule has 0 atom stereocenters. The van der Waals surface area contributed by atoms with Crippen LogP contribution in [0, 0.1) is 17.1 Å². The van der Waals surface area contributed by atoms with E-state index in [2.05, 4.69) is 15.9 Å². The molecule has 0 radical (unpaired) electrons. The first-order valence-electron chi connectivity index (χ1n) is 9.06. The summed E-state index contributed by atoms with van der Waals surface area (Å²) in [5.74, 6) is 0.518. The smallest absolute Gasteiger partial charge is 0.137 e. The molecular weight excluding hydrogens is 329 g/mol. The molecule has 0 aliphatic carbocycles. The van der Waals surface area contributed by atoms with E-state index in [4.69, 9.17) is 10.00 Å². The fourth-order valence-corrected chi connectivity index (χ4v) is 3.24. The van der Waals surface area contributed by atoms with E-state index in [0.717, 1.165) is 44.7 Å². The average molecular weight is 353 g/mol. The lowest BCUT2D eigenvalue weighted by Gasteiger charge is -2.22. The van der Waals surface area contributed by atoms with Crippen molar-refractivity contribution in [1.29, 1.82) is 5.26 Å². The highest BCUT2D eigenvalue weighted by atomic mass is 19.1. The molecule has 1 fully saturated rings. The molecule has 26 heavy (non-hydrogen) atoms. The van der Waals surface area contributed by atoms with E-state index < -0.39 is 0 Å². The molecule has 0 N–H and O–H groups in total. The zero-order chi connectivity index (χ0) is 18.2. The van der Waals surface area contributed by atoms with Crippen molar-refractivity contribution in [2.45, 2.75) is 13.0 Å². The maximum atomic E-state index is 13.8. The van der Waals surface area contributed by atoms with E-state index >= 15 is 0 Å². The molecule has 1 heterocycles. The number of nitrogens with zero attached hydrogens (tertiary/aromatic N) is 3. The molecule has 2 aromatic rings. The van der Waals surface area contributed by atoms with Gasteiger partial charge >= 0.3 is 0 Å². The molecule has 0 amide bonds. The topological polar surface area (TPSA) is 39.5 Å². The quantitative estimate of drug-likeness (QED) is 0.799. The van der Waals surface area contributed by atoms with E-state index in [1.54, 1.807) is 12.1 Å². The Hall–Kier alpha value is -2.42. The van der Waals surface area contributed by atoms with Gasteiger partial charge in [0.25, 0.3) is 0 Å². The number of nitriles is 1. The van der Waals surface area contributed by atoms with Crippen molar-refractivity contribution in [3.8, 4) is 11.8 Å². The van der Waals surface area contributed by atoms with Crippen LogP contribution < -0.4 is 4.74 Å². The van der Waals surface area contributed by atoms with E-state index in [9.17, 15) is 4.39 Å². The summed E-state index contributed by atoms with van der Waals surface area (Å²) in [7, 11) is 0. The Morgan fingerprint density at radius 1 is 0.962 bits per heavy atom. The van der Waals surface area contributed by atoms with Crippen LogP contribution in [0.3, 0.4) is 0 Å². The lowest BCUT2D eigenvalue weighted by Crippen LogP contribution is -2.33. The maximum absolute atomic E-state index is 13.8. The predicted molar refractivity (Wildman–Crippen MR) is 99.4 cm³/mol. The van der Waals surface area contributed by atoms with Crippen molar-refractivity contribution >= 4 is 0 Å². The molecule has 2 aromatic carbocycles. The Balaban J connectivity index is 1.45. The van der Waals surface area contributed by atoms with Crippen molar-refractivity contribution in [2.75, 3.05) is 39.3 Å². The van der Waals surface area contributed by atoms with E-state index in [1.807, 2.05) is 30.3 Å². The summed E-state index contributed by atoms with van der Waals surface area (Å²) in [5.41, 5.74) is 1.33. The van der Waals surface area contributed by atoms with Gasteiger partial charge in [0.2, 0.25) is 0 Å². The zero-order valence-corrected chi connectivity index (χ0v) is 14.9. The van der Waals surface area contributed by atoms with Gasteiger partial charge in [0.15, 0.2) is 0 Å². The molecule has 0 spiro atoms. The molecule has 1 aliphatic rings. The average Bonchev–Trinajstić information content (AvgIpc) is 2.89. The third kappa shape index (κ3) is 5.04. The molecule has 0 bridgehead atoms. The highest BCUT2D eigenvalue weighted by Gasteiger charge is 2.16. The Kier molecular flexibility index (Phi) is 6.59. The molecule has 4 nitrogen and oxygen atoms in total. The first kappa shape index (κ1) is 18.4. The first-order valence-corrected chi connectivity index (χ1v) is 9.06. The van der Waals surface area contributed by atoms with Crippen LogP contribution in [0.15, 0.2) is 48.5 Å². The number of ether oxygens (including phenoxy) is 1. The van der Waals surface area contributed by atoms with Crippen LogP contribution in [0.25, 0.3) is 0 Å². The van der Waals surface area contributed by atoms with Crippen molar-refractivity contribution < 1.29 is 9.13 Å². The summed E-state index contributed by atoms with van der Waals surface area (Å²) in [6.07, 6.45) is 1.06. The van der Waals surface area contributed by atoms with Gasteiger partial charge in [-0.2, -0.15) is 5.26 Å². The fraction of sp³-hybridized carbons (Fsp3) is 0.381. The largest absolute Gasteiger partial charge is 0.491 e. The number of rotatable bonds is 6. The van der Waals surface area contributed by atoms with Gasteiger partial charge in [0.05, 0.1) is 5.56 Å². The van der Waals surface area contributed by atoms with Gasteiger partial charge in [0, 0.05) is 31.7 Å². The second kappa shape index (κ2) is 9.33. The second-order valence-electron chi connectivity index (χ2n) is 6.52. The SMILES string of the molecule is N#Cc1ccccc1OCCN1CCCN(Cc2ccccc2F)CC1. The van der Waals surface area contributed by atoms with Crippen LogP contribution in [-0.4, -0.2) is 49.1 Å². The first-order chi connectivity index (χ1) is 12.8.